The van der Waals surface area contributed by atoms with E-state index in [1.54, 1.807) is 0 Å². The molecule has 0 amide bonds. The molecule has 0 bridgehead atoms. The topological polar surface area (TPSA) is 0 Å². The van der Waals surface area contributed by atoms with Gasteiger partial charge in [-0.1, -0.05) is 35.6 Å². The van der Waals surface area contributed by atoms with Crippen molar-refractivity contribution < 1.29 is 8.78 Å². The Labute approximate surface area is 98.9 Å². The van der Waals surface area contributed by atoms with Crippen LogP contribution >= 0.6 is 0 Å². The van der Waals surface area contributed by atoms with E-state index in [2.05, 4.69) is 11.8 Å². The first-order chi connectivity index (χ1) is 8.16. The highest BCUT2D eigenvalue weighted by molar-refractivity contribution is 5.43. The van der Waals surface area contributed by atoms with E-state index in [-0.39, 0.29) is 5.56 Å². The maximum Gasteiger partial charge on any atom is 0.174 e. The van der Waals surface area contributed by atoms with Crippen LogP contribution in [0.25, 0.3) is 0 Å². The first-order valence-corrected chi connectivity index (χ1v) is 5.19. The molecule has 0 unspecified atom stereocenters. The molecule has 0 aliphatic carbocycles. The van der Waals surface area contributed by atoms with E-state index in [0.717, 1.165) is 17.2 Å². The Hall–Kier alpha value is -2.14. The van der Waals surface area contributed by atoms with Gasteiger partial charge < -0.3 is 0 Å². The predicted octanol–water partition coefficient (Wildman–Crippen LogP) is 3.67. The van der Waals surface area contributed by atoms with Gasteiger partial charge in [0.25, 0.3) is 0 Å². The van der Waals surface area contributed by atoms with Crippen molar-refractivity contribution in [3.05, 3.63) is 70.8 Å². The molecule has 0 spiro atoms. The van der Waals surface area contributed by atoms with Crippen molar-refractivity contribution in [2.45, 2.75) is 6.92 Å². The molecule has 0 heterocycles. The first kappa shape index (κ1) is 11.3. The Morgan fingerprint density at radius 3 is 2.29 bits per heavy atom. The monoisotopic (exact) mass is 228 g/mol. The lowest BCUT2D eigenvalue weighted by Crippen LogP contribution is -1.88. The molecule has 2 heteroatoms. The van der Waals surface area contributed by atoms with Crippen LogP contribution in [0.2, 0.25) is 0 Å². The Balaban J connectivity index is 2.33. The van der Waals surface area contributed by atoms with Gasteiger partial charge in [0.15, 0.2) is 11.6 Å². The van der Waals surface area contributed by atoms with Gasteiger partial charge in [0.05, 0.1) is 5.56 Å². The van der Waals surface area contributed by atoms with Gasteiger partial charge in [-0.15, -0.1) is 0 Å². The van der Waals surface area contributed by atoms with E-state index in [1.165, 1.54) is 12.1 Å². The van der Waals surface area contributed by atoms with Crippen molar-refractivity contribution >= 4 is 0 Å². The summed E-state index contributed by atoms with van der Waals surface area (Å²) in [5.41, 5.74) is 1.98. The van der Waals surface area contributed by atoms with Crippen LogP contribution < -0.4 is 0 Å². The molecule has 84 valence electrons. The maximum absolute atomic E-state index is 13.3. The molecule has 0 fully saturated rings. The van der Waals surface area contributed by atoms with Crippen LogP contribution in [-0.4, -0.2) is 0 Å². The number of hydrogen-bond acceptors (Lipinski definition) is 0. The second kappa shape index (κ2) is 4.80. The van der Waals surface area contributed by atoms with Crippen molar-refractivity contribution in [2.75, 3.05) is 0 Å². The van der Waals surface area contributed by atoms with E-state index in [4.69, 9.17) is 0 Å². The lowest BCUT2D eigenvalue weighted by Gasteiger charge is -1.95. The van der Waals surface area contributed by atoms with E-state index in [9.17, 15) is 8.78 Å². The van der Waals surface area contributed by atoms with Crippen LogP contribution in [-0.2, 0) is 0 Å². The molecule has 0 aromatic heterocycles. The summed E-state index contributed by atoms with van der Waals surface area (Å²) in [6.07, 6.45) is 0. The highest BCUT2D eigenvalue weighted by atomic mass is 19.2. The Morgan fingerprint density at radius 2 is 1.59 bits per heavy atom. The summed E-state index contributed by atoms with van der Waals surface area (Å²) < 4.78 is 26.2. The largest absolute Gasteiger partial charge is 0.204 e. The van der Waals surface area contributed by atoms with Crippen LogP contribution in [0.15, 0.2) is 42.5 Å². The molecule has 0 saturated heterocycles. The summed E-state index contributed by atoms with van der Waals surface area (Å²) in [6.45, 7) is 1.98. The van der Waals surface area contributed by atoms with Gasteiger partial charge in [-0.05, 0) is 31.2 Å². The fourth-order valence-corrected chi connectivity index (χ4v) is 1.38. The molecule has 17 heavy (non-hydrogen) atoms. The number of hydrogen-bond donors (Lipinski definition) is 0. The van der Waals surface area contributed by atoms with Crippen LogP contribution in [0.3, 0.4) is 0 Å². The van der Waals surface area contributed by atoms with Gasteiger partial charge >= 0.3 is 0 Å². The molecule has 0 atom stereocenters. The third-order valence-corrected chi connectivity index (χ3v) is 2.34. The molecule has 2 rings (SSSR count). The average molecular weight is 228 g/mol. The number of aryl methyl sites for hydroxylation is 1. The zero-order valence-corrected chi connectivity index (χ0v) is 9.30. The van der Waals surface area contributed by atoms with Gasteiger partial charge in [0.2, 0.25) is 0 Å². The van der Waals surface area contributed by atoms with Gasteiger partial charge in [-0.2, -0.15) is 0 Å². The maximum atomic E-state index is 13.3. The molecule has 0 aliphatic rings. The Bertz CT molecular complexity index is 587. The molecular weight excluding hydrogens is 218 g/mol. The van der Waals surface area contributed by atoms with Gasteiger partial charge in [-0.25, -0.2) is 8.78 Å². The van der Waals surface area contributed by atoms with Gasteiger partial charge in [0.1, 0.15) is 0 Å². The van der Waals surface area contributed by atoms with E-state index in [1.807, 2.05) is 31.2 Å². The quantitative estimate of drug-likeness (QED) is 0.603. The molecule has 2 aromatic rings. The van der Waals surface area contributed by atoms with E-state index >= 15 is 0 Å². The van der Waals surface area contributed by atoms with Crippen molar-refractivity contribution in [3.63, 3.8) is 0 Å². The lowest BCUT2D eigenvalue weighted by atomic mass is 10.1. The molecule has 0 aliphatic heterocycles. The Kier molecular flexibility index (Phi) is 3.20. The lowest BCUT2D eigenvalue weighted by molar-refractivity contribution is 0.506. The second-order valence-corrected chi connectivity index (χ2v) is 3.72. The number of rotatable bonds is 0. The van der Waals surface area contributed by atoms with Crippen molar-refractivity contribution in [1.82, 2.24) is 0 Å². The third kappa shape index (κ3) is 2.70. The van der Waals surface area contributed by atoms with Crippen LogP contribution in [0.1, 0.15) is 16.7 Å². The first-order valence-electron chi connectivity index (χ1n) is 5.19. The second-order valence-electron chi connectivity index (χ2n) is 3.72. The summed E-state index contributed by atoms with van der Waals surface area (Å²) in [4.78, 5) is 0. The molecular formula is C15H10F2. The minimum atomic E-state index is -0.896. The molecule has 0 nitrogen and oxygen atoms in total. The predicted molar refractivity (Wildman–Crippen MR) is 63.5 cm³/mol. The Morgan fingerprint density at radius 1 is 0.882 bits per heavy atom. The third-order valence-electron chi connectivity index (χ3n) is 2.34. The van der Waals surface area contributed by atoms with E-state index < -0.39 is 11.6 Å². The van der Waals surface area contributed by atoms with Gasteiger partial charge in [0, 0.05) is 5.56 Å². The normalized spacial score (nSPS) is 9.59. The van der Waals surface area contributed by atoms with Crippen LogP contribution in [0.5, 0.6) is 0 Å². The molecule has 0 N–H and O–H groups in total. The highest BCUT2D eigenvalue weighted by Crippen LogP contribution is 2.10. The number of benzene rings is 2. The summed E-state index contributed by atoms with van der Waals surface area (Å²) in [6, 6.07) is 11.5. The minimum Gasteiger partial charge on any atom is -0.204 e. The SMILES string of the molecule is Cc1ccc(C#Cc2cccc(F)c2F)cc1. The van der Waals surface area contributed by atoms with Crippen molar-refractivity contribution in [3.8, 4) is 11.8 Å². The fraction of sp³-hybridized carbons (Fsp3) is 0.0667. The van der Waals surface area contributed by atoms with Crippen molar-refractivity contribution in [2.24, 2.45) is 0 Å². The fourth-order valence-electron chi connectivity index (χ4n) is 1.38. The van der Waals surface area contributed by atoms with Crippen LogP contribution in [0.4, 0.5) is 8.78 Å². The van der Waals surface area contributed by atoms with E-state index in [0.29, 0.717) is 0 Å². The summed E-state index contributed by atoms with van der Waals surface area (Å²) in [7, 11) is 0. The smallest absolute Gasteiger partial charge is 0.174 e. The summed E-state index contributed by atoms with van der Waals surface area (Å²) in [5, 5.41) is 0. The molecule has 0 radical (unpaired) electrons. The summed E-state index contributed by atoms with van der Waals surface area (Å²) in [5.74, 6) is 3.65. The zero-order chi connectivity index (χ0) is 12.3. The van der Waals surface area contributed by atoms with Crippen molar-refractivity contribution in [1.29, 1.82) is 0 Å². The van der Waals surface area contributed by atoms with Crippen LogP contribution in [0, 0.1) is 30.4 Å². The highest BCUT2D eigenvalue weighted by Gasteiger charge is 2.04. The average Bonchev–Trinajstić information content (AvgIpc) is 2.33. The molecule has 0 saturated carbocycles. The van der Waals surface area contributed by atoms with Gasteiger partial charge in [-0.3, -0.25) is 0 Å². The minimum absolute atomic E-state index is 0.0746. The number of halogens is 2. The zero-order valence-electron chi connectivity index (χ0n) is 9.30. The summed E-state index contributed by atoms with van der Waals surface area (Å²) >= 11 is 0. The molecule has 2 aromatic carbocycles. The standard InChI is InChI=1S/C15H10F2/c1-11-5-7-12(8-6-11)9-10-13-3-2-4-14(16)15(13)17/h2-8H,1H3.